The van der Waals surface area contributed by atoms with Crippen LogP contribution in [0.5, 0.6) is 0 Å². The molecular weight excluding hydrogens is 330 g/mol. The molecule has 1 aromatic heterocycles. The van der Waals surface area contributed by atoms with Crippen molar-refractivity contribution in [2.24, 2.45) is 0 Å². The highest BCUT2D eigenvalue weighted by Gasteiger charge is 2.27. The normalized spacial score (nSPS) is 18.9. The van der Waals surface area contributed by atoms with Crippen LogP contribution in [-0.4, -0.2) is 48.8 Å². The fraction of sp³-hybridized carbons (Fsp3) is 0.500. The molecule has 1 aliphatic heterocycles. The molecule has 0 spiro atoms. The van der Waals surface area contributed by atoms with Gasteiger partial charge in [0.15, 0.2) is 5.69 Å². The minimum atomic E-state index is -0.140. The molecule has 6 nitrogen and oxygen atoms in total. The van der Waals surface area contributed by atoms with E-state index < -0.39 is 0 Å². The number of hydrogen-bond acceptors (Lipinski definition) is 5. The zero-order valence-electron chi connectivity index (χ0n) is 14.9. The first-order valence-corrected chi connectivity index (χ1v) is 9.44. The molecule has 138 valence electrons. The number of fused-ring (bicyclic) bond motifs is 1. The maximum Gasteiger partial charge on any atom is 0.274 e. The number of nitrogens with zero attached hydrogens (tertiary/aromatic N) is 2. The molecule has 2 heterocycles. The van der Waals surface area contributed by atoms with Gasteiger partial charge in [0.25, 0.3) is 5.91 Å². The zero-order valence-corrected chi connectivity index (χ0v) is 14.9. The molecule has 1 aromatic carbocycles. The van der Waals surface area contributed by atoms with Crippen molar-refractivity contribution < 1.29 is 14.1 Å². The molecule has 1 atom stereocenters. The van der Waals surface area contributed by atoms with Crippen molar-refractivity contribution in [2.45, 2.75) is 31.7 Å². The van der Waals surface area contributed by atoms with E-state index in [-0.39, 0.29) is 11.9 Å². The van der Waals surface area contributed by atoms with Crippen LogP contribution >= 0.6 is 0 Å². The van der Waals surface area contributed by atoms with Crippen LogP contribution < -0.4 is 5.32 Å². The second-order valence-corrected chi connectivity index (χ2v) is 6.99. The summed E-state index contributed by atoms with van der Waals surface area (Å²) in [5.74, 6) is 0.741. The van der Waals surface area contributed by atoms with Gasteiger partial charge in [0, 0.05) is 31.6 Å². The maximum absolute atomic E-state index is 12.9. The number of rotatable bonds is 5. The van der Waals surface area contributed by atoms with E-state index in [1.165, 1.54) is 0 Å². The summed E-state index contributed by atoms with van der Waals surface area (Å²) in [7, 11) is 0. The van der Waals surface area contributed by atoms with E-state index in [0.29, 0.717) is 5.69 Å². The van der Waals surface area contributed by atoms with Crippen LogP contribution in [0.25, 0.3) is 0 Å². The van der Waals surface area contributed by atoms with E-state index in [1.807, 2.05) is 18.2 Å². The highest BCUT2D eigenvalue weighted by atomic mass is 16.5. The fourth-order valence-electron chi connectivity index (χ4n) is 3.75. The number of benzene rings is 1. The third-order valence-electron chi connectivity index (χ3n) is 5.22. The maximum atomic E-state index is 12.9. The first-order valence-electron chi connectivity index (χ1n) is 9.44. The monoisotopic (exact) mass is 355 g/mol. The number of morpholine rings is 1. The van der Waals surface area contributed by atoms with E-state index in [1.54, 1.807) is 0 Å². The van der Waals surface area contributed by atoms with Gasteiger partial charge in [-0.05, 0) is 24.8 Å². The Kier molecular flexibility index (Phi) is 5.32. The fourth-order valence-corrected chi connectivity index (χ4v) is 3.75. The summed E-state index contributed by atoms with van der Waals surface area (Å²) in [4.78, 5) is 15.3. The first-order chi connectivity index (χ1) is 12.8. The molecule has 26 heavy (non-hydrogen) atoms. The third kappa shape index (κ3) is 3.81. The molecule has 1 fully saturated rings. The van der Waals surface area contributed by atoms with E-state index in [9.17, 15) is 4.79 Å². The lowest BCUT2D eigenvalue weighted by atomic mass is 9.96. The molecule has 1 N–H and O–H groups in total. The first kappa shape index (κ1) is 17.2. The van der Waals surface area contributed by atoms with Gasteiger partial charge in [-0.25, -0.2) is 0 Å². The average molecular weight is 355 g/mol. The van der Waals surface area contributed by atoms with E-state index in [2.05, 4.69) is 27.5 Å². The van der Waals surface area contributed by atoms with Gasteiger partial charge in [0.1, 0.15) is 5.76 Å². The number of ether oxygens (including phenoxy) is 1. The Hall–Kier alpha value is -2.18. The lowest BCUT2D eigenvalue weighted by Gasteiger charge is -2.31. The summed E-state index contributed by atoms with van der Waals surface area (Å²) in [6, 6.07) is 10.0. The Morgan fingerprint density at radius 2 is 1.92 bits per heavy atom. The Morgan fingerprint density at radius 3 is 2.73 bits per heavy atom. The van der Waals surface area contributed by atoms with Crippen molar-refractivity contribution in [3.05, 3.63) is 52.9 Å². The molecule has 2 aliphatic rings. The minimum Gasteiger partial charge on any atom is -0.379 e. The summed E-state index contributed by atoms with van der Waals surface area (Å²) in [5, 5.41) is 7.26. The van der Waals surface area contributed by atoms with Crippen LogP contribution in [0.4, 0.5) is 0 Å². The number of amides is 1. The highest BCUT2D eigenvalue weighted by Crippen LogP contribution is 2.25. The zero-order chi connectivity index (χ0) is 17.8. The van der Waals surface area contributed by atoms with Crippen LogP contribution in [0.3, 0.4) is 0 Å². The Balaban J connectivity index is 1.52. The van der Waals surface area contributed by atoms with Crippen LogP contribution in [0.2, 0.25) is 0 Å². The van der Waals surface area contributed by atoms with Crippen molar-refractivity contribution in [1.29, 1.82) is 0 Å². The van der Waals surface area contributed by atoms with Gasteiger partial charge in [-0.1, -0.05) is 35.5 Å². The van der Waals surface area contributed by atoms with E-state index in [0.717, 1.165) is 75.4 Å². The lowest BCUT2D eigenvalue weighted by molar-refractivity contribution is 0.0332. The summed E-state index contributed by atoms with van der Waals surface area (Å²) in [6.07, 6.45) is 3.95. The largest absolute Gasteiger partial charge is 0.379 e. The SMILES string of the molecule is O=C(NC(CN1CCOCC1)c1ccccc1)c1noc2c1CCCC2. The Labute approximate surface area is 153 Å². The van der Waals surface area contributed by atoms with Gasteiger partial charge in [-0.15, -0.1) is 0 Å². The summed E-state index contributed by atoms with van der Waals surface area (Å²) in [5.41, 5.74) is 2.55. The van der Waals surface area contributed by atoms with Crippen molar-refractivity contribution >= 4 is 5.91 Å². The smallest absolute Gasteiger partial charge is 0.274 e. The second kappa shape index (κ2) is 8.01. The number of aromatic nitrogens is 1. The Bertz CT molecular complexity index is 738. The number of carbonyl (C=O) groups is 1. The van der Waals surface area contributed by atoms with Gasteiger partial charge >= 0.3 is 0 Å². The molecule has 4 rings (SSSR count). The Morgan fingerprint density at radius 1 is 1.15 bits per heavy atom. The van der Waals surface area contributed by atoms with Crippen LogP contribution in [0.15, 0.2) is 34.9 Å². The number of hydrogen-bond donors (Lipinski definition) is 1. The molecule has 1 unspecified atom stereocenters. The van der Waals surface area contributed by atoms with Crippen LogP contribution in [-0.2, 0) is 17.6 Å². The van der Waals surface area contributed by atoms with Crippen molar-refractivity contribution in [2.75, 3.05) is 32.8 Å². The number of nitrogens with one attached hydrogen (secondary N) is 1. The topological polar surface area (TPSA) is 67.6 Å². The average Bonchev–Trinajstić information content (AvgIpc) is 3.13. The van der Waals surface area contributed by atoms with Gasteiger partial charge in [0.2, 0.25) is 0 Å². The van der Waals surface area contributed by atoms with Crippen LogP contribution in [0.1, 0.15) is 46.3 Å². The summed E-state index contributed by atoms with van der Waals surface area (Å²) in [6.45, 7) is 4.02. The number of aryl methyl sites for hydroxylation is 1. The molecule has 0 radical (unpaired) electrons. The molecule has 1 amide bonds. The van der Waals surface area contributed by atoms with E-state index >= 15 is 0 Å². The number of carbonyl (C=O) groups excluding carboxylic acids is 1. The minimum absolute atomic E-state index is 0.0854. The summed E-state index contributed by atoms with van der Waals surface area (Å²) < 4.78 is 10.8. The molecule has 1 aliphatic carbocycles. The van der Waals surface area contributed by atoms with Gasteiger partial charge in [-0.2, -0.15) is 0 Å². The highest BCUT2D eigenvalue weighted by molar-refractivity contribution is 5.94. The third-order valence-corrected chi connectivity index (χ3v) is 5.22. The molecular formula is C20H25N3O3. The molecule has 0 bridgehead atoms. The summed E-state index contributed by atoms with van der Waals surface area (Å²) >= 11 is 0. The second-order valence-electron chi connectivity index (χ2n) is 6.99. The van der Waals surface area contributed by atoms with Gasteiger partial charge < -0.3 is 14.6 Å². The lowest BCUT2D eigenvalue weighted by Crippen LogP contribution is -2.43. The standard InChI is InChI=1S/C20H25N3O3/c24-20(19-16-8-4-5-9-18(16)26-22-19)21-17(15-6-2-1-3-7-15)14-23-10-12-25-13-11-23/h1-3,6-7,17H,4-5,8-14H2,(H,21,24). The van der Waals surface area contributed by atoms with Crippen molar-refractivity contribution in [1.82, 2.24) is 15.4 Å². The van der Waals surface area contributed by atoms with Crippen molar-refractivity contribution in [3.8, 4) is 0 Å². The molecule has 6 heteroatoms. The predicted molar refractivity (Wildman–Crippen MR) is 97.1 cm³/mol. The molecule has 2 aromatic rings. The van der Waals surface area contributed by atoms with Gasteiger partial charge in [-0.3, -0.25) is 9.69 Å². The predicted octanol–water partition coefficient (Wildman–Crippen LogP) is 2.36. The van der Waals surface area contributed by atoms with Crippen LogP contribution in [0, 0.1) is 0 Å². The molecule has 0 saturated carbocycles. The molecule has 1 saturated heterocycles. The van der Waals surface area contributed by atoms with E-state index in [4.69, 9.17) is 9.26 Å². The van der Waals surface area contributed by atoms with Crippen molar-refractivity contribution in [3.63, 3.8) is 0 Å². The quantitative estimate of drug-likeness (QED) is 0.892. The van der Waals surface area contributed by atoms with Gasteiger partial charge in [0.05, 0.1) is 19.3 Å².